The minimum Gasteiger partial charge on any atom is -0.303 e. The number of fused-ring (bicyclic) bond motifs is 1. The molecule has 0 radical (unpaired) electrons. The monoisotopic (exact) mass is 335 g/mol. The summed E-state index contributed by atoms with van der Waals surface area (Å²) in [4.78, 5) is 14.1. The molecule has 130 valence electrons. The van der Waals surface area contributed by atoms with Crippen molar-refractivity contribution in [2.45, 2.75) is 26.4 Å². The zero-order valence-corrected chi connectivity index (χ0v) is 15.0. The van der Waals surface area contributed by atoms with Gasteiger partial charge in [-0.1, -0.05) is 12.1 Å². The number of aryl methyl sites for hydroxylation is 1. The largest absolute Gasteiger partial charge is 0.303 e. The van der Waals surface area contributed by atoms with Crippen molar-refractivity contribution in [3.63, 3.8) is 0 Å². The zero-order valence-electron chi connectivity index (χ0n) is 15.0. The van der Waals surface area contributed by atoms with Crippen LogP contribution in [0.1, 0.15) is 29.9 Å². The second-order valence-electron chi connectivity index (χ2n) is 6.93. The van der Waals surface area contributed by atoms with E-state index < -0.39 is 0 Å². The van der Waals surface area contributed by atoms with Crippen molar-refractivity contribution in [1.82, 2.24) is 24.2 Å². The highest BCUT2D eigenvalue weighted by atomic mass is 15.3. The van der Waals surface area contributed by atoms with E-state index in [2.05, 4.69) is 68.5 Å². The van der Waals surface area contributed by atoms with Gasteiger partial charge >= 0.3 is 0 Å². The first-order valence-corrected chi connectivity index (χ1v) is 9.00. The molecule has 0 aliphatic carbocycles. The maximum absolute atomic E-state index is 4.53. The Morgan fingerprint density at radius 2 is 1.88 bits per heavy atom. The fraction of sp³-hybridized carbons (Fsp3) is 0.400. The van der Waals surface area contributed by atoms with Gasteiger partial charge in [0, 0.05) is 51.2 Å². The van der Waals surface area contributed by atoms with Crippen LogP contribution in [0.2, 0.25) is 0 Å². The normalized spacial score (nSPS) is 17.8. The summed E-state index contributed by atoms with van der Waals surface area (Å²) in [6.45, 7) is 9.65. The van der Waals surface area contributed by atoms with Crippen LogP contribution in [0.5, 0.6) is 0 Å². The van der Waals surface area contributed by atoms with Crippen molar-refractivity contribution < 1.29 is 0 Å². The number of aromatic nitrogens is 3. The lowest BCUT2D eigenvalue weighted by atomic mass is 10.1. The van der Waals surface area contributed by atoms with E-state index >= 15 is 0 Å². The van der Waals surface area contributed by atoms with Gasteiger partial charge in [-0.3, -0.25) is 14.8 Å². The van der Waals surface area contributed by atoms with Crippen LogP contribution in [-0.4, -0.2) is 50.3 Å². The number of piperazine rings is 1. The Bertz CT molecular complexity index is 834. The van der Waals surface area contributed by atoms with E-state index in [9.17, 15) is 0 Å². The molecule has 1 saturated heterocycles. The van der Waals surface area contributed by atoms with Crippen LogP contribution < -0.4 is 0 Å². The number of rotatable bonds is 4. The van der Waals surface area contributed by atoms with Crippen molar-refractivity contribution in [2.75, 3.05) is 26.2 Å². The molecule has 4 rings (SSSR count). The molecule has 0 bridgehead atoms. The maximum atomic E-state index is 4.53. The van der Waals surface area contributed by atoms with E-state index in [0.717, 1.165) is 44.1 Å². The van der Waals surface area contributed by atoms with Crippen molar-refractivity contribution in [2.24, 2.45) is 0 Å². The molecule has 0 unspecified atom stereocenters. The quantitative estimate of drug-likeness (QED) is 0.735. The molecule has 0 saturated carbocycles. The maximum Gasteiger partial charge on any atom is 0.136 e. The highest BCUT2D eigenvalue weighted by Gasteiger charge is 2.23. The van der Waals surface area contributed by atoms with Crippen molar-refractivity contribution in [3.8, 4) is 0 Å². The Morgan fingerprint density at radius 1 is 1.04 bits per heavy atom. The highest BCUT2D eigenvalue weighted by molar-refractivity contribution is 5.41. The van der Waals surface area contributed by atoms with Gasteiger partial charge in [0.15, 0.2) is 0 Å². The second-order valence-corrected chi connectivity index (χ2v) is 6.93. The van der Waals surface area contributed by atoms with Crippen LogP contribution >= 0.6 is 0 Å². The molecule has 5 heteroatoms. The molecule has 0 amide bonds. The molecule has 1 atom stereocenters. The second kappa shape index (κ2) is 6.94. The third-order valence-electron chi connectivity index (χ3n) is 5.19. The molecule has 1 aliphatic rings. The van der Waals surface area contributed by atoms with E-state index in [-0.39, 0.29) is 0 Å². The van der Waals surface area contributed by atoms with Crippen LogP contribution in [0, 0.1) is 6.92 Å². The van der Waals surface area contributed by atoms with Crippen LogP contribution in [0.4, 0.5) is 0 Å². The summed E-state index contributed by atoms with van der Waals surface area (Å²) in [7, 11) is 0. The van der Waals surface area contributed by atoms with Crippen molar-refractivity contribution in [3.05, 3.63) is 65.9 Å². The van der Waals surface area contributed by atoms with Crippen LogP contribution in [-0.2, 0) is 6.54 Å². The van der Waals surface area contributed by atoms with E-state index in [0.29, 0.717) is 6.04 Å². The van der Waals surface area contributed by atoms with Gasteiger partial charge in [0.1, 0.15) is 5.65 Å². The Hall–Kier alpha value is -2.24. The highest BCUT2D eigenvalue weighted by Crippen LogP contribution is 2.20. The predicted octanol–water partition coefficient (Wildman–Crippen LogP) is 2.92. The molecular formula is C20H25N5. The lowest BCUT2D eigenvalue weighted by Crippen LogP contribution is -2.46. The third kappa shape index (κ3) is 3.43. The molecule has 3 aromatic rings. The minimum atomic E-state index is 0.377. The van der Waals surface area contributed by atoms with Gasteiger partial charge in [-0.15, -0.1) is 0 Å². The molecule has 5 nitrogen and oxygen atoms in total. The Labute approximate surface area is 148 Å². The Balaban J connectivity index is 1.39. The number of pyridine rings is 2. The molecule has 4 heterocycles. The van der Waals surface area contributed by atoms with Crippen molar-refractivity contribution >= 4 is 5.65 Å². The summed E-state index contributed by atoms with van der Waals surface area (Å²) in [5.74, 6) is 0. The van der Waals surface area contributed by atoms with Gasteiger partial charge in [0.05, 0.1) is 17.6 Å². The molecule has 1 aliphatic heterocycles. The van der Waals surface area contributed by atoms with Gasteiger partial charge in [-0.05, 0) is 37.6 Å². The molecule has 0 spiro atoms. The van der Waals surface area contributed by atoms with E-state index in [1.54, 1.807) is 0 Å². The lowest BCUT2D eigenvalue weighted by Gasteiger charge is -2.37. The lowest BCUT2D eigenvalue weighted by molar-refractivity contribution is 0.0955. The summed E-state index contributed by atoms with van der Waals surface area (Å²) in [5, 5.41) is 0. The molecule has 25 heavy (non-hydrogen) atoms. The van der Waals surface area contributed by atoms with Crippen LogP contribution in [0.25, 0.3) is 5.65 Å². The number of imidazole rings is 1. The van der Waals surface area contributed by atoms with Gasteiger partial charge in [-0.25, -0.2) is 4.98 Å². The summed E-state index contributed by atoms with van der Waals surface area (Å²) >= 11 is 0. The van der Waals surface area contributed by atoms with Gasteiger partial charge < -0.3 is 4.40 Å². The van der Waals surface area contributed by atoms with Crippen molar-refractivity contribution in [1.29, 1.82) is 0 Å². The Kier molecular flexibility index (Phi) is 4.51. The molecular weight excluding hydrogens is 310 g/mol. The fourth-order valence-electron chi connectivity index (χ4n) is 3.60. The third-order valence-corrected chi connectivity index (χ3v) is 5.19. The summed E-state index contributed by atoms with van der Waals surface area (Å²) in [5.41, 5.74) is 4.72. The molecule has 0 aromatic carbocycles. The van der Waals surface area contributed by atoms with Crippen LogP contribution in [0.3, 0.4) is 0 Å². The van der Waals surface area contributed by atoms with Crippen LogP contribution in [0.15, 0.2) is 48.9 Å². The summed E-state index contributed by atoms with van der Waals surface area (Å²) < 4.78 is 2.22. The SMILES string of the molecule is Cc1ccc2ncc(CN3CCN([C@@H](C)c4ccccn4)CC3)n2c1. The van der Waals surface area contributed by atoms with E-state index in [4.69, 9.17) is 0 Å². The Morgan fingerprint density at radius 3 is 2.64 bits per heavy atom. The first kappa shape index (κ1) is 16.2. The predicted molar refractivity (Wildman–Crippen MR) is 99.4 cm³/mol. The first-order chi connectivity index (χ1) is 12.2. The molecule has 3 aromatic heterocycles. The van der Waals surface area contributed by atoms with Gasteiger partial charge in [0.25, 0.3) is 0 Å². The summed E-state index contributed by atoms with van der Waals surface area (Å²) in [6, 6.07) is 10.8. The first-order valence-electron chi connectivity index (χ1n) is 9.00. The standard InChI is InChI=1S/C20H25N5/c1-16-6-7-20-22-13-18(25(20)14-16)15-23-9-11-24(12-10-23)17(2)19-5-3-4-8-21-19/h3-8,13-14,17H,9-12,15H2,1-2H3/t17-/m0/s1. The zero-order chi connectivity index (χ0) is 17.2. The smallest absolute Gasteiger partial charge is 0.136 e. The number of nitrogens with zero attached hydrogens (tertiary/aromatic N) is 5. The topological polar surface area (TPSA) is 36.7 Å². The van der Waals surface area contributed by atoms with Gasteiger partial charge in [-0.2, -0.15) is 0 Å². The van der Waals surface area contributed by atoms with Gasteiger partial charge in [0.2, 0.25) is 0 Å². The number of hydrogen-bond donors (Lipinski definition) is 0. The average Bonchev–Trinajstić information content (AvgIpc) is 3.04. The average molecular weight is 335 g/mol. The van der Waals surface area contributed by atoms with E-state index in [1.165, 1.54) is 11.3 Å². The molecule has 1 fully saturated rings. The van der Waals surface area contributed by atoms with E-state index in [1.807, 2.05) is 18.5 Å². The molecule has 0 N–H and O–H groups in total. The fourth-order valence-corrected chi connectivity index (χ4v) is 3.60. The summed E-state index contributed by atoms with van der Waals surface area (Å²) in [6.07, 6.45) is 6.07. The number of hydrogen-bond acceptors (Lipinski definition) is 4. The minimum absolute atomic E-state index is 0.377.